The van der Waals surface area contributed by atoms with Gasteiger partial charge >= 0.3 is 0 Å². The Labute approximate surface area is 168 Å². The first-order chi connectivity index (χ1) is 13.5. The van der Waals surface area contributed by atoms with E-state index >= 15 is 0 Å². The normalized spacial score (nSPS) is 12.4. The molecule has 0 radical (unpaired) electrons. The van der Waals surface area contributed by atoms with Crippen LogP contribution in [0.15, 0.2) is 48.5 Å². The molecule has 4 heteroatoms. The predicted molar refractivity (Wildman–Crippen MR) is 112 cm³/mol. The summed E-state index contributed by atoms with van der Waals surface area (Å²) in [5, 5.41) is 2.90. The lowest BCUT2D eigenvalue weighted by Gasteiger charge is -2.16. The van der Waals surface area contributed by atoms with Gasteiger partial charge in [-0.25, -0.2) is 0 Å². The third kappa shape index (κ3) is 7.46. The average Bonchev–Trinajstić information content (AvgIpc) is 2.67. The van der Waals surface area contributed by atoms with Gasteiger partial charge < -0.3 is 14.8 Å². The maximum absolute atomic E-state index is 11.1. The lowest BCUT2D eigenvalue weighted by molar-refractivity contribution is -0.119. The van der Waals surface area contributed by atoms with Crippen molar-refractivity contribution in [2.45, 2.75) is 45.8 Å². The molecule has 28 heavy (non-hydrogen) atoms. The molecule has 0 heterocycles. The first-order valence-electron chi connectivity index (χ1n) is 9.64. The van der Waals surface area contributed by atoms with Gasteiger partial charge in [-0.2, -0.15) is 0 Å². The van der Waals surface area contributed by atoms with Crippen LogP contribution in [0.5, 0.6) is 5.75 Å². The van der Waals surface area contributed by atoms with E-state index in [-0.39, 0.29) is 18.1 Å². The first-order valence-corrected chi connectivity index (χ1v) is 9.64. The minimum absolute atomic E-state index is 0.00434. The number of benzene rings is 2. The highest BCUT2D eigenvalue weighted by Crippen LogP contribution is 2.15. The number of amides is 1. The molecule has 0 aliphatic rings. The molecule has 0 spiro atoms. The zero-order valence-corrected chi connectivity index (χ0v) is 17.1. The van der Waals surface area contributed by atoms with Gasteiger partial charge in [0.15, 0.2) is 0 Å². The van der Waals surface area contributed by atoms with Crippen LogP contribution in [0.4, 0.5) is 0 Å². The summed E-state index contributed by atoms with van der Waals surface area (Å²) in [7, 11) is 1.68. The van der Waals surface area contributed by atoms with Gasteiger partial charge in [-0.05, 0) is 61.7 Å². The van der Waals surface area contributed by atoms with Crippen molar-refractivity contribution in [2.24, 2.45) is 0 Å². The molecule has 0 fully saturated rings. The van der Waals surface area contributed by atoms with Crippen molar-refractivity contribution in [3.8, 4) is 17.6 Å². The number of carbonyl (C=O) groups is 1. The standard InChI is InChI=1S/C24H29NO3/c1-5-23(17-27-4)28-24-14-12-21(13-15-24)7-6-20-8-10-22(11-9-20)16-18(2)25-19(3)26/h8-15,18,23H,5,16-17H2,1-4H3,(H,25,26). The van der Waals surface area contributed by atoms with Crippen LogP contribution in [0.25, 0.3) is 0 Å². The number of methoxy groups -OCH3 is 1. The molecule has 2 aromatic rings. The topological polar surface area (TPSA) is 47.6 Å². The Balaban J connectivity index is 1.94. The Bertz CT molecular complexity index is 800. The summed E-state index contributed by atoms with van der Waals surface area (Å²) in [6.07, 6.45) is 1.76. The van der Waals surface area contributed by atoms with Crippen LogP contribution < -0.4 is 10.1 Å². The van der Waals surface area contributed by atoms with Gasteiger partial charge in [-0.1, -0.05) is 30.9 Å². The Kier molecular flexibility index (Phi) is 8.58. The first kappa shape index (κ1) is 21.5. The molecule has 0 bridgehead atoms. The van der Waals surface area contributed by atoms with E-state index in [0.29, 0.717) is 6.61 Å². The van der Waals surface area contributed by atoms with Crippen molar-refractivity contribution in [3.05, 3.63) is 65.2 Å². The number of carbonyl (C=O) groups excluding carboxylic acids is 1. The Morgan fingerprint density at radius 1 is 1.04 bits per heavy atom. The summed E-state index contributed by atoms with van der Waals surface area (Å²) in [5.41, 5.74) is 3.08. The molecule has 0 saturated carbocycles. The summed E-state index contributed by atoms with van der Waals surface area (Å²) in [4.78, 5) is 11.1. The minimum Gasteiger partial charge on any atom is -0.488 e. The Morgan fingerprint density at radius 3 is 2.11 bits per heavy atom. The van der Waals surface area contributed by atoms with E-state index in [1.807, 2.05) is 43.3 Å². The van der Waals surface area contributed by atoms with Crippen molar-refractivity contribution >= 4 is 5.91 Å². The van der Waals surface area contributed by atoms with E-state index in [2.05, 4.69) is 36.2 Å². The fraction of sp³-hybridized carbons (Fsp3) is 0.375. The van der Waals surface area contributed by atoms with Crippen molar-refractivity contribution in [1.29, 1.82) is 0 Å². The summed E-state index contributed by atoms with van der Waals surface area (Å²) >= 11 is 0. The summed E-state index contributed by atoms with van der Waals surface area (Å²) in [5.74, 6) is 7.19. The van der Waals surface area contributed by atoms with Crippen molar-refractivity contribution in [3.63, 3.8) is 0 Å². The van der Waals surface area contributed by atoms with Crippen LogP contribution in [0.2, 0.25) is 0 Å². The Hall–Kier alpha value is -2.77. The van der Waals surface area contributed by atoms with Gasteiger partial charge in [0, 0.05) is 31.2 Å². The van der Waals surface area contributed by atoms with Crippen LogP contribution in [-0.2, 0) is 16.0 Å². The summed E-state index contributed by atoms with van der Waals surface area (Å²) in [6.45, 7) is 6.20. The van der Waals surface area contributed by atoms with E-state index in [0.717, 1.165) is 29.7 Å². The zero-order chi connectivity index (χ0) is 20.4. The van der Waals surface area contributed by atoms with Gasteiger partial charge in [0.05, 0.1) is 6.61 Å². The smallest absolute Gasteiger partial charge is 0.217 e. The molecule has 2 atom stereocenters. The van der Waals surface area contributed by atoms with E-state index in [9.17, 15) is 4.79 Å². The van der Waals surface area contributed by atoms with Crippen molar-refractivity contribution in [1.82, 2.24) is 5.32 Å². The van der Waals surface area contributed by atoms with Crippen LogP contribution in [0.1, 0.15) is 43.9 Å². The van der Waals surface area contributed by atoms with Crippen molar-refractivity contribution < 1.29 is 14.3 Å². The van der Waals surface area contributed by atoms with Gasteiger partial charge in [0.25, 0.3) is 0 Å². The van der Waals surface area contributed by atoms with Crippen molar-refractivity contribution in [2.75, 3.05) is 13.7 Å². The largest absolute Gasteiger partial charge is 0.488 e. The number of rotatable bonds is 8. The molecular weight excluding hydrogens is 350 g/mol. The molecule has 2 unspecified atom stereocenters. The SMILES string of the molecule is CCC(COC)Oc1ccc(C#Cc2ccc(CC(C)NC(C)=O)cc2)cc1. The van der Waals surface area contributed by atoms with Gasteiger partial charge in [0.2, 0.25) is 5.91 Å². The molecule has 2 aromatic carbocycles. The highest BCUT2D eigenvalue weighted by molar-refractivity contribution is 5.73. The molecule has 0 aromatic heterocycles. The number of nitrogens with one attached hydrogen (secondary N) is 1. The summed E-state index contributed by atoms with van der Waals surface area (Å²) in [6, 6.07) is 16.1. The molecular formula is C24H29NO3. The summed E-state index contributed by atoms with van der Waals surface area (Å²) < 4.78 is 11.1. The molecule has 0 aliphatic carbocycles. The average molecular weight is 380 g/mol. The van der Waals surface area contributed by atoms with E-state index < -0.39 is 0 Å². The van der Waals surface area contributed by atoms with Crippen LogP contribution in [0, 0.1) is 11.8 Å². The quantitative estimate of drug-likeness (QED) is 0.707. The molecule has 148 valence electrons. The van der Waals surface area contributed by atoms with Gasteiger partial charge in [-0.15, -0.1) is 0 Å². The van der Waals surface area contributed by atoms with E-state index in [1.54, 1.807) is 7.11 Å². The maximum atomic E-state index is 11.1. The third-order valence-electron chi connectivity index (χ3n) is 4.26. The fourth-order valence-corrected chi connectivity index (χ4v) is 2.85. The Morgan fingerprint density at radius 2 is 1.61 bits per heavy atom. The number of hydrogen-bond acceptors (Lipinski definition) is 3. The predicted octanol–water partition coefficient (Wildman–Crippen LogP) is 3.96. The molecule has 1 amide bonds. The minimum atomic E-state index is -0.00434. The van der Waals surface area contributed by atoms with Crippen LogP contribution >= 0.6 is 0 Å². The highest BCUT2D eigenvalue weighted by Gasteiger charge is 2.07. The van der Waals surface area contributed by atoms with Crippen LogP contribution in [-0.4, -0.2) is 31.8 Å². The second-order valence-corrected chi connectivity index (χ2v) is 6.88. The second kappa shape index (κ2) is 11.2. The maximum Gasteiger partial charge on any atom is 0.217 e. The fourth-order valence-electron chi connectivity index (χ4n) is 2.85. The molecule has 1 N–H and O–H groups in total. The third-order valence-corrected chi connectivity index (χ3v) is 4.26. The molecule has 0 aliphatic heterocycles. The molecule has 0 saturated heterocycles. The molecule has 4 nitrogen and oxygen atoms in total. The van der Waals surface area contributed by atoms with Gasteiger partial charge in [-0.3, -0.25) is 4.79 Å². The lowest BCUT2D eigenvalue weighted by Crippen LogP contribution is -2.31. The van der Waals surface area contributed by atoms with Crippen LogP contribution in [0.3, 0.4) is 0 Å². The highest BCUT2D eigenvalue weighted by atomic mass is 16.5. The second-order valence-electron chi connectivity index (χ2n) is 6.88. The number of hydrogen-bond donors (Lipinski definition) is 1. The van der Waals surface area contributed by atoms with E-state index in [1.165, 1.54) is 12.5 Å². The lowest BCUT2D eigenvalue weighted by atomic mass is 10.0. The van der Waals surface area contributed by atoms with Gasteiger partial charge in [0.1, 0.15) is 11.9 Å². The zero-order valence-electron chi connectivity index (χ0n) is 17.1. The number of ether oxygens (including phenoxy) is 2. The monoisotopic (exact) mass is 379 g/mol. The van der Waals surface area contributed by atoms with E-state index in [4.69, 9.17) is 9.47 Å². The molecule has 2 rings (SSSR count).